The lowest BCUT2D eigenvalue weighted by atomic mass is 10.0. The van der Waals surface area contributed by atoms with Gasteiger partial charge in [0.2, 0.25) is 65.0 Å². The largest absolute Gasteiger partial charge is 0.480 e. The molecule has 1 aliphatic heterocycles. The molecule has 0 spiro atoms. The highest BCUT2D eigenvalue weighted by Crippen LogP contribution is 2.12. The molecule has 0 aliphatic carbocycles. The molecule has 516 valence electrons. The van der Waals surface area contributed by atoms with E-state index in [1.165, 1.54) is 20.8 Å². The Balaban J connectivity index is 3.53. The Morgan fingerprint density at radius 1 is 0.451 bits per heavy atom. The summed E-state index contributed by atoms with van der Waals surface area (Å²) in [6.07, 6.45) is -0.819. The summed E-state index contributed by atoms with van der Waals surface area (Å²) < 4.78 is 0. The summed E-state index contributed by atoms with van der Waals surface area (Å²) in [7, 11) is 0. The standard InChI is InChI=1S/C54H98N20O17/c1-27(56)42(80)65-35(17-13-22-63-54(60)61)47(85)72-40(30(4)77)51(89)69-33(15-7-9-23-74-24-10-11-25-74)44(82)68-36(18-19-38(57)79)48(86)71-39(29(3)76)50(88)64-28(2)43(81)66-34(16-12-21-62-53(58)59)45(83)67-32(14-6-8-20-55)46(84)70-37(26-75)49(87)73-41(31(5)78)52(90)91/h10-11,27-37,39-41,75-78H,6-9,12-26,55-56H2,1-5H3,(H2,57,79)(H,64,88)(H,65,80)(H,66,81)(H,67,83)(H,68,82)(H,69,89)(H,70,84)(H,71,86)(H,72,85)(H,73,87)(H,90,91)(H4,58,59,62)(H4,60,61,63)/t27-,28-,29+,30+,31+,32-,33-,34-,35-,36-,37-,39-,40-,41-/m0/s1. The quantitative estimate of drug-likeness (QED) is 0.0116. The number of nitrogens with zero attached hydrogens (tertiary/aromatic N) is 3. The van der Waals surface area contributed by atoms with Crippen molar-refractivity contribution in [1.29, 1.82) is 0 Å². The van der Waals surface area contributed by atoms with E-state index in [4.69, 9.17) is 40.1 Å². The molecule has 0 saturated carbocycles. The molecule has 0 unspecified atom stereocenters. The van der Waals surface area contributed by atoms with Crippen molar-refractivity contribution in [3.63, 3.8) is 0 Å². The van der Waals surface area contributed by atoms with E-state index in [2.05, 4.69) is 62.7 Å². The fourth-order valence-electron chi connectivity index (χ4n) is 8.72. The summed E-state index contributed by atoms with van der Waals surface area (Å²) in [6, 6.07) is -17.3. The second-order valence-corrected chi connectivity index (χ2v) is 22.0. The summed E-state index contributed by atoms with van der Waals surface area (Å²) in [6.45, 7) is 7.00. The van der Waals surface area contributed by atoms with Crippen LogP contribution in [-0.2, 0) is 57.5 Å². The van der Waals surface area contributed by atoms with Crippen LogP contribution in [0.2, 0.25) is 0 Å². The normalized spacial score (nSPS) is 16.6. The number of guanidine groups is 2. The Morgan fingerprint density at radius 2 is 0.802 bits per heavy atom. The zero-order chi connectivity index (χ0) is 69.1. The molecule has 37 heteroatoms. The third-order valence-corrected chi connectivity index (χ3v) is 13.9. The molecule has 14 atom stereocenters. The number of carboxylic acid groups (broad SMARTS) is 1. The number of aliphatic imine (C=N–C) groups is 2. The average Bonchev–Trinajstić information content (AvgIpc) is 2.25. The van der Waals surface area contributed by atoms with Gasteiger partial charge in [-0.3, -0.25) is 67.6 Å². The van der Waals surface area contributed by atoms with E-state index < -0.39 is 175 Å². The fraction of sp³-hybridized carbons (Fsp3) is 0.704. The zero-order valence-corrected chi connectivity index (χ0v) is 52.2. The summed E-state index contributed by atoms with van der Waals surface area (Å²) in [5.74, 6) is -13.3. The summed E-state index contributed by atoms with van der Waals surface area (Å²) in [4.78, 5) is 171. The maximum absolute atomic E-state index is 14.3. The molecule has 37 nitrogen and oxygen atoms in total. The molecule has 1 aliphatic rings. The van der Waals surface area contributed by atoms with Crippen LogP contribution in [0.5, 0.6) is 0 Å². The highest BCUT2D eigenvalue weighted by Gasteiger charge is 2.37. The van der Waals surface area contributed by atoms with Crippen molar-refractivity contribution in [3.05, 3.63) is 12.2 Å². The molecule has 0 aromatic heterocycles. The molecule has 0 fully saturated rings. The lowest BCUT2D eigenvalue weighted by Crippen LogP contribution is -2.62. The molecule has 1 heterocycles. The number of carboxylic acids is 1. The molecule has 0 saturated heterocycles. The second-order valence-electron chi connectivity index (χ2n) is 22.0. The molecule has 0 aromatic carbocycles. The molecular formula is C54H98N20O17. The number of hydrogen-bond acceptors (Lipinski definition) is 21. The maximum Gasteiger partial charge on any atom is 0.328 e. The van der Waals surface area contributed by atoms with Crippen LogP contribution < -0.4 is 93.3 Å². The lowest BCUT2D eigenvalue weighted by Gasteiger charge is -2.29. The summed E-state index contributed by atoms with van der Waals surface area (Å²) in [5, 5.41) is 74.6. The Bertz CT molecular complexity index is 2500. The van der Waals surface area contributed by atoms with Crippen molar-refractivity contribution in [2.75, 3.05) is 45.9 Å². The minimum absolute atomic E-state index is 0.0397. The first-order valence-corrected chi connectivity index (χ1v) is 29.9. The van der Waals surface area contributed by atoms with Gasteiger partial charge >= 0.3 is 5.97 Å². The predicted molar refractivity (Wildman–Crippen MR) is 329 cm³/mol. The second kappa shape index (κ2) is 42.6. The van der Waals surface area contributed by atoms with Crippen LogP contribution in [0.15, 0.2) is 22.1 Å². The van der Waals surface area contributed by atoms with E-state index in [9.17, 15) is 83.1 Å². The van der Waals surface area contributed by atoms with Crippen molar-refractivity contribution in [3.8, 4) is 0 Å². The topological polar surface area (TPSA) is 636 Å². The van der Waals surface area contributed by atoms with Crippen molar-refractivity contribution in [2.45, 2.75) is 196 Å². The number of unbranched alkanes of at least 4 members (excludes halogenated alkanes) is 2. The Hall–Kier alpha value is -8.36. The van der Waals surface area contributed by atoms with Gasteiger partial charge in [-0.25, -0.2) is 4.79 Å². The Morgan fingerprint density at radius 3 is 1.20 bits per heavy atom. The van der Waals surface area contributed by atoms with Crippen LogP contribution in [0.25, 0.3) is 0 Å². The zero-order valence-electron chi connectivity index (χ0n) is 52.2. The molecule has 11 amide bonds. The maximum atomic E-state index is 14.3. The van der Waals surface area contributed by atoms with E-state index in [0.717, 1.165) is 13.8 Å². The van der Waals surface area contributed by atoms with Crippen molar-refractivity contribution in [2.24, 2.45) is 50.1 Å². The van der Waals surface area contributed by atoms with Gasteiger partial charge in [0.05, 0.1) is 31.0 Å². The van der Waals surface area contributed by atoms with Crippen molar-refractivity contribution < 1.29 is 83.1 Å². The Kier molecular flexibility index (Phi) is 37.8. The summed E-state index contributed by atoms with van der Waals surface area (Å²) >= 11 is 0. The smallest absolute Gasteiger partial charge is 0.328 e. The van der Waals surface area contributed by atoms with Gasteiger partial charge in [-0.05, 0) is 118 Å². The van der Waals surface area contributed by atoms with Gasteiger partial charge in [-0.15, -0.1) is 0 Å². The number of hydrogen-bond donors (Lipinski definition) is 22. The molecule has 0 bridgehead atoms. The number of carbonyl (C=O) groups is 12. The van der Waals surface area contributed by atoms with E-state index in [1.54, 1.807) is 0 Å². The van der Waals surface area contributed by atoms with Gasteiger partial charge in [-0.1, -0.05) is 12.2 Å². The average molecular weight is 1300 g/mol. The minimum Gasteiger partial charge on any atom is -0.480 e. The van der Waals surface area contributed by atoms with Gasteiger partial charge < -0.3 is 119 Å². The summed E-state index contributed by atoms with van der Waals surface area (Å²) in [5.41, 5.74) is 38.6. The monoisotopic (exact) mass is 1300 g/mol. The highest BCUT2D eigenvalue weighted by molar-refractivity contribution is 5.99. The van der Waals surface area contributed by atoms with Crippen molar-refractivity contribution >= 4 is 82.9 Å². The number of rotatable bonds is 45. The first-order chi connectivity index (χ1) is 42.7. The third kappa shape index (κ3) is 31.8. The fourth-order valence-corrected chi connectivity index (χ4v) is 8.72. The number of aliphatic hydroxyl groups is 4. The molecule has 0 aromatic rings. The van der Waals surface area contributed by atoms with E-state index in [-0.39, 0.29) is 76.5 Å². The van der Waals surface area contributed by atoms with Gasteiger partial charge in [0.15, 0.2) is 18.0 Å². The Labute approximate surface area is 527 Å². The SMILES string of the molecule is C[C@H](N)C(=O)N[C@@H](CCCN=C(N)N)C(=O)N[C@H](C(=O)N[C@@H](CCCCN1CC=CC1)C(=O)N[C@@H](CCC(N)=O)C(=O)N[C@H](C(=O)N[C@@H](C)C(=O)N[C@@H](CCCN=C(N)N)C(=O)N[C@@H](CCCCN)C(=O)N[C@@H](CO)C(=O)N[C@H](C(=O)O)[C@@H](C)O)[C@@H](C)O)[C@@H](C)O. The first kappa shape index (κ1) is 80.7. The van der Waals surface area contributed by atoms with E-state index >= 15 is 0 Å². The van der Waals surface area contributed by atoms with Gasteiger partial charge in [0, 0.05) is 32.6 Å². The molecule has 1 rings (SSSR count). The van der Waals surface area contributed by atoms with Crippen LogP contribution >= 0.6 is 0 Å². The minimum atomic E-state index is -1.90. The predicted octanol–water partition coefficient (Wildman–Crippen LogP) is -10.0. The third-order valence-electron chi connectivity index (χ3n) is 13.9. The first-order valence-electron chi connectivity index (χ1n) is 29.9. The van der Waals surface area contributed by atoms with Gasteiger partial charge in [0.1, 0.15) is 54.4 Å². The van der Waals surface area contributed by atoms with Crippen LogP contribution in [0, 0.1) is 0 Å². The van der Waals surface area contributed by atoms with E-state index in [1.807, 2.05) is 17.5 Å². The number of nitrogens with two attached hydrogens (primary N) is 7. The number of carbonyl (C=O) groups excluding carboxylic acids is 11. The van der Waals surface area contributed by atoms with Crippen LogP contribution in [0.4, 0.5) is 0 Å². The number of aliphatic hydroxyl groups excluding tert-OH is 4. The van der Waals surface area contributed by atoms with Gasteiger partial charge in [0.25, 0.3) is 0 Å². The van der Waals surface area contributed by atoms with Crippen LogP contribution in [0.3, 0.4) is 0 Å². The van der Waals surface area contributed by atoms with E-state index in [0.29, 0.717) is 38.9 Å². The number of nitrogens with one attached hydrogen (secondary N) is 10. The lowest BCUT2D eigenvalue weighted by molar-refractivity contribution is -0.145. The van der Waals surface area contributed by atoms with Crippen LogP contribution in [0.1, 0.15) is 112 Å². The molecule has 91 heavy (non-hydrogen) atoms. The van der Waals surface area contributed by atoms with Crippen molar-refractivity contribution in [1.82, 2.24) is 58.1 Å². The highest BCUT2D eigenvalue weighted by atomic mass is 16.4. The van der Waals surface area contributed by atoms with Crippen LogP contribution in [-0.4, -0.2) is 244 Å². The number of amides is 11. The molecule has 29 N–H and O–H groups in total. The van der Waals surface area contributed by atoms with Gasteiger partial charge in [-0.2, -0.15) is 0 Å². The number of aliphatic carboxylic acids is 1. The molecular weight excluding hydrogens is 1200 g/mol. The molecule has 0 radical (unpaired) electrons. The number of primary amides is 1.